The number of rotatable bonds is 7. The summed E-state index contributed by atoms with van der Waals surface area (Å²) in [6.07, 6.45) is -5.52. The van der Waals surface area contributed by atoms with Gasteiger partial charge in [-0.2, -0.15) is 0 Å². The van der Waals surface area contributed by atoms with Gasteiger partial charge in [0.25, 0.3) is 0 Å². The fourth-order valence-corrected chi connectivity index (χ4v) is 2.05. The van der Waals surface area contributed by atoms with Gasteiger partial charge in [-0.1, -0.05) is 13.8 Å². The lowest BCUT2D eigenvalue weighted by Gasteiger charge is -2.39. The van der Waals surface area contributed by atoms with Gasteiger partial charge in [-0.3, -0.25) is 9.59 Å². The van der Waals surface area contributed by atoms with E-state index in [0.717, 1.165) is 0 Å². The smallest absolute Gasteiger partial charge is 0.306 e. The van der Waals surface area contributed by atoms with Crippen molar-refractivity contribution < 1.29 is 39.1 Å². The molecule has 0 aromatic carbocycles. The molecule has 0 amide bonds. The largest absolute Gasteiger partial charge is 0.463 e. The summed E-state index contributed by atoms with van der Waals surface area (Å²) in [5.74, 6) is -1.06. The van der Waals surface area contributed by atoms with Crippen molar-refractivity contribution in [2.45, 2.75) is 70.2 Å². The lowest BCUT2D eigenvalue weighted by atomic mass is 9.99. The van der Waals surface area contributed by atoms with Gasteiger partial charge in [0.05, 0.1) is 0 Å². The average molecular weight is 320 g/mol. The van der Waals surface area contributed by atoms with Crippen LogP contribution < -0.4 is 0 Å². The fourth-order valence-electron chi connectivity index (χ4n) is 2.05. The lowest BCUT2D eigenvalue weighted by Crippen LogP contribution is -2.60. The molecule has 1 rings (SSSR count). The van der Waals surface area contributed by atoms with E-state index in [9.17, 15) is 24.9 Å². The highest BCUT2D eigenvalue weighted by Gasteiger charge is 2.46. The van der Waals surface area contributed by atoms with Crippen LogP contribution in [-0.4, -0.2) is 64.6 Å². The number of carbonyl (C=O) groups excluding carboxylic acids is 2. The highest BCUT2D eigenvalue weighted by atomic mass is 16.7. The summed E-state index contributed by atoms with van der Waals surface area (Å²) in [6.45, 7) is 3.29. The molecule has 3 N–H and O–H groups in total. The Morgan fingerprint density at radius 1 is 1.00 bits per heavy atom. The number of esters is 2. The Hall–Kier alpha value is -1.22. The third kappa shape index (κ3) is 5.20. The maximum atomic E-state index is 11.4. The highest BCUT2D eigenvalue weighted by Crippen LogP contribution is 2.23. The zero-order valence-electron chi connectivity index (χ0n) is 12.8. The van der Waals surface area contributed by atoms with Gasteiger partial charge in [0.2, 0.25) is 0 Å². The van der Waals surface area contributed by atoms with Crippen LogP contribution in [0, 0.1) is 0 Å². The fraction of sp³-hybridized carbons (Fsp3) is 0.857. The summed E-state index contributed by atoms with van der Waals surface area (Å²) < 4.78 is 14.9. The molecule has 0 spiro atoms. The molecule has 1 heterocycles. The Morgan fingerprint density at radius 3 is 2.18 bits per heavy atom. The van der Waals surface area contributed by atoms with Crippen LogP contribution in [0.2, 0.25) is 0 Å². The second kappa shape index (κ2) is 9.04. The Bertz CT molecular complexity index is 370. The van der Waals surface area contributed by atoms with Crippen molar-refractivity contribution in [2.75, 3.05) is 6.61 Å². The number of aliphatic hydroxyl groups excluding tert-OH is 3. The lowest BCUT2D eigenvalue weighted by molar-refractivity contribution is -0.291. The second-order valence-electron chi connectivity index (χ2n) is 5.18. The van der Waals surface area contributed by atoms with Crippen molar-refractivity contribution in [3.05, 3.63) is 0 Å². The minimum Gasteiger partial charge on any atom is -0.463 e. The van der Waals surface area contributed by atoms with Gasteiger partial charge < -0.3 is 29.5 Å². The molecule has 0 unspecified atom stereocenters. The van der Waals surface area contributed by atoms with Crippen molar-refractivity contribution in [3.8, 4) is 0 Å². The molecular formula is C14H24O8. The van der Waals surface area contributed by atoms with Crippen LogP contribution >= 0.6 is 0 Å². The van der Waals surface area contributed by atoms with E-state index in [0.29, 0.717) is 12.8 Å². The average Bonchev–Trinajstić information content (AvgIpc) is 2.46. The topological polar surface area (TPSA) is 123 Å². The number of hydrogen-bond donors (Lipinski definition) is 3. The van der Waals surface area contributed by atoms with Gasteiger partial charge in [0, 0.05) is 12.8 Å². The zero-order chi connectivity index (χ0) is 16.7. The van der Waals surface area contributed by atoms with Crippen LogP contribution in [0.5, 0.6) is 0 Å². The van der Waals surface area contributed by atoms with E-state index in [-0.39, 0.29) is 19.4 Å². The van der Waals surface area contributed by atoms with E-state index in [4.69, 9.17) is 14.2 Å². The molecule has 8 nitrogen and oxygen atoms in total. The molecule has 0 aromatic heterocycles. The molecule has 0 saturated carbocycles. The van der Waals surface area contributed by atoms with E-state index in [2.05, 4.69) is 0 Å². The van der Waals surface area contributed by atoms with E-state index in [1.165, 1.54) is 0 Å². The van der Waals surface area contributed by atoms with Gasteiger partial charge in [-0.25, -0.2) is 0 Å². The first kappa shape index (κ1) is 18.8. The normalized spacial score (nSPS) is 31.6. The third-order valence-electron chi connectivity index (χ3n) is 3.25. The van der Waals surface area contributed by atoms with Gasteiger partial charge in [-0.15, -0.1) is 0 Å². The molecule has 22 heavy (non-hydrogen) atoms. The molecule has 0 aromatic rings. The summed E-state index contributed by atoms with van der Waals surface area (Å²) in [6, 6.07) is 0. The van der Waals surface area contributed by atoms with Crippen LogP contribution in [-0.2, 0) is 23.8 Å². The summed E-state index contributed by atoms with van der Waals surface area (Å²) in [7, 11) is 0. The first-order chi connectivity index (χ1) is 10.4. The molecule has 0 radical (unpaired) electrons. The van der Waals surface area contributed by atoms with Crippen LogP contribution in [0.25, 0.3) is 0 Å². The van der Waals surface area contributed by atoms with Gasteiger partial charge in [-0.05, 0) is 12.8 Å². The minimum atomic E-state index is -1.60. The van der Waals surface area contributed by atoms with Crippen molar-refractivity contribution in [1.29, 1.82) is 0 Å². The molecule has 5 atom stereocenters. The van der Waals surface area contributed by atoms with E-state index in [1.807, 2.05) is 6.92 Å². The Labute approximate surface area is 129 Å². The predicted molar refractivity (Wildman–Crippen MR) is 73.5 cm³/mol. The van der Waals surface area contributed by atoms with Crippen LogP contribution in [0.4, 0.5) is 0 Å². The van der Waals surface area contributed by atoms with Crippen LogP contribution in [0.1, 0.15) is 39.5 Å². The summed E-state index contributed by atoms with van der Waals surface area (Å²) in [5, 5.41) is 29.7. The van der Waals surface area contributed by atoms with E-state index in [1.54, 1.807) is 6.92 Å². The van der Waals surface area contributed by atoms with Crippen molar-refractivity contribution in [1.82, 2.24) is 0 Å². The molecule has 0 bridgehead atoms. The molecule has 8 heteroatoms. The Balaban J connectivity index is 2.56. The Kier molecular flexibility index (Phi) is 7.74. The van der Waals surface area contributed by atoms with Gasteiger partial charge in [0.15, 0.2) is 12.4 Å². The molecule has 0 aliphatic carbocycles. The summed E-state index contributed by atoms with van der Waals surface area (Å²) >= 11 is 0. The standard InChI is InChI=1S/C14H24O8/c1-3-5-9(15)20-7-8-11(17)12(18)13(14(19)21-8)22-10(16)6-4-2/h8,11-14,17-19H,3-7H2,1-2H3/t8-,11-,12+,13-,14+/m1/s1. The predicted octanol–water partition coefficient (Wildman–Crippen LogP) is -0.519. The quantitative estimate of drug-likeness (QED) is 0.536. The van der Waals surface area contributed by atoms with E-state index < -0.39 is 42.6 Å². The first-order valence-corrected chi connectivity index (χ1v) is 7.45. The van der Waals surface area contributed by atoms with Crippen molar-refractivity contribution in [2.24, 2.45) is 0 Å². The van der Waals surface area contributed by atoms with Gasteiger partial charge >= 0.3 is 11.9 Å². The van der Waals surface area contributed by atoms with Crippen LogP contribution in [0.15, 0.2) is 0 Å². The third-order valence-corrected chi connectivity index (χ3v) is 3.25. The van der Waals surface area contributed by atoms with Crippen molar-refractivity contribution in [3.63, 3.8) is 0 Å². The molecular weight excluding hydrogens is 296 g/mol. The molecule has 1 saturated heterocycles. The Morgan fingerprint density at radius 2 is 1.59 bits per heavy atom. The van der Waals surface area contributed by atoms with Crippen molar-refractivity contribution >= 4 is 11.9 Å². The maximum absolute atomic E-state index is 11.4. The number of ether oxygens (including phenoxy) is 3. The van der Waals surface area contributed by atoms with Crippen LogP contribution in [0.3, 0.4) is 0 Å². The monoisotopic (exact) mass is 320 g/mol. The zero-order valence-corrected chi connectivity index (χ0v) is 12.8. The second-order valence-corrected chi connectivity index (χ2v) is 5.18. The number of carbonyl (C=O) groups is 2. The SMILES string of the molecule is CCCC(=O)OC[C@H]1O[C@H](O)[C@H](OC(=O)CCC)[C@@H](O)[C@@H]1O. The highest BCUT2D eigenvalue weighted by molar-refractivity contribution is 5.69. The molecule has 1 fully saturated rings. The molecule has 1 aliphatic rings. The minimum absolute atomic E-state index is 0.129. The number of aliphatic hydroxyl groups is 3. The maximum Gasteiger partial charge on any atom is 0.306 e. The summed E-state index contributed by atoms with van der Waals surface area (Å²) in [5.41, 5.74) is 0. The van der Waals surface area contributed by atoms with E-state index >= 15 is 0 Å². The first-order valence-electron chi connectivity index (χ1n) is 7.45. The molecule has 1 aliphatic heterocycles. The molecule has 128 valence electrons. The summed E-state index contributed by atoms with van der Waals surface area (Å²) in [4.78, 5) is 22.7. The van der Waals surface area contributed by atoms with Gasteiger partial charge in [0.1, 0.15) is 24.9 Å². The number of hydrogen-bond acceptors (Lipinski definition) is 8.